The van der Waals surface area contributed by atoms with Crippen LogP contribution < -0.4 is 0 Å². The molecule has 1 aliphatic rings. The summed E-state index contributed by atoms with van der Waals surface area (Å²) in [5.74, 6) is 0.905. The Balaban J connectivity index is 1.80. The molecule has 1 atom stereocenters. The first-order chi connectivity index (χ1) is 8.28. The van der Waals surface area contributed by atoms with Crippen LogP contribution in [0, 0.1) is 0 Å². The van der Waals surface area contributed by atoms with Crippen LogP contribution in [0.5, 0.6) is 0 Å². The molecule has 0 amide bonds. The van der Waals surface area contributed by atoms with Gasteiger partial charge in [0.1, 0.15) is 5.76 Å². The minimum absolute atomic E-state index is 0.258. The Hall–Kier alpha value is -0.550. The van der Waals surface area contributed by atoms with Crippen molar-refractivity contribution in [2.24, 2.45) is 0 Å². The Morgan fingerprint density at radius 1 is 1.53 bits per heavy atom. The highest BCUT2D eigenvalue weighted by molar-refractivity contribution is 6.28. The summed E-state index contributed by atoms with van der Waals surface area (Å²) < 4.78 is 16.1. The molecular formula is C12H18ClNO3. The first-order valence-corrected chi connectivity index (χ1v) is 6.23. The number of furan rings is 1. The topological polar surface area (TPSA) is 34.8 Å². The van der Waals surface area contributed by atoms with E-state index in [1.54, 1.807) is 13.2 Å². The molecule has 1 aromatic rings. The highest BCUT2D eigenvalue weighted by atomic mass is 35.5. The second-order valence-electron chi connectivity index (χ2n) is 4.22. The SMILES string of the molecule is COCCC1CN(Cc2ccc(Cl)o2)CCO1. The molecule has 0 aliphatic carbocycles. The van der Waals surface area contributed by atoms with Gasteiger partial charge >= 0.3 is 0 Å². The van der Waals surface area contributed by atoms with Crippen molar-refractivity contribution in [3.63, 3.8) is 0 Å². The molecule has 2 heterocycles. The van der Waals surface area contributed by atoms with E-state index in [0.717, 1.165) is 45.0 Å². The molecule has 1 fully saturated rings. The second-order valence-corrected chi connectivity index (χ2v) is 4.59. The summed E-state index contributed by atoms with van der Waals surface area (Å²) >= 11 is 5.75. The van der Waals surface area contributed by atoms with Gasteiger partial charge in [-0.3, -0.25) is 4.90 Å². The smallest absolute Gasteiger partial charge is 0.193 e. The minimum atomic E-state index is 0.258. The van der Waals surface area contributed by atoms with E-state index in [-0.39, 0.29) is 6.10 Å². The van der Waals surface area contributed by atoms with Crippen molar-refractivity contribution in [3.8, 4) is 0 Å². The van der Waals surface area contributed by atoms with E-state index in [1.807, 2.05) is 6.07 Å². The average Bonchev–Trinajstić information content (AvgIpc) is 2.73. The summed E-state index contributed by atoms with van der Waals surface area (Å²) in [7, 11) is 1.71. The van der Waals surface area contributed by atoms with Crippen molar-refractivity contribution in [1.82, 2.24) is 4.90 Å². The zero-order valence-electron chi connectivity index (χ0n) is 10.0. The summed E-state index contributed by atoms with van der Waals surface area (Å²) in [4.78, 5) is 2.32. The van der Waals surface area contributed by atoms with E-state index in [0.29, 0.717) is 5.22 Å². The molecule has 0 spiro atoms. The van der Waals surface area contributed by atoms with Gasteiger partial charge in [-0.05, 0) is 30.2 Å². The van der Waals surface area contributed by atoms with E-state index in [9.17, 15) is 0 Å². The number of halogens is 1. The third kappa shape index (κ3) is 4.00. The fraction of sp³-hybridized carbons (Fsp3) is 0.667. The molecule has 0 radical (unpaired) electrons. The lowest BCUT2D eigenvalue weighted by Gasteiger charge is -2.32. The average molecular weight is 260 g/mol. The first kappa shape index (κ1) is 12.9. The van der Waals surface area contributed by atoms with E-state index in [1.165, 1.54) is 0 Å². The van der Waals surface area contributed by atoms with Crippen molar-refractivity contribution < 1.29 is 13.9 Å². The molecule has 17 heavy (non-hydrogen) atoms. The second kappa shape index (κ2) is 6.40. The van der Waals surface area contributed by atoms with Gasteiger partial charge in [0, 0.05) is 26.8 Å². The molecule has 1 unspecified atom stereocenters. The van der Waals surface area contributed by atoms with Crippen LogP contribution in [0.25, 0.3) is 0 Å². The third-order valence-corrected chi connectivity index (χ3v) is 3.08. The predicted molar refractivity (Wildman–Crippen MR) is 65.2 cm³/mol. The fourth-order valence-electron chi connectivity index (χ4n) is 2.01. The Morgan fingerprint density at radius 3 is 3.12 bits per heavy atom. The Bertz CT molecular complexity index is 342. The highest BCUT2D eigenvalue weighted by Gasteiger charge is 2.20. The third-order valence-electron chi connectivity index (χ3n) is 2.88. The molecule has 0 bridgehead atoms. The quantitative estimate of drug-likeness (QED) is 0.812. The predicted octanol–water partition coefficient (Wildman–Crippen LogP) is 2.17. The lowest BCUT2D eigenvalue weighted by Crippen LogP contribution is -2.42. The van der Waals surface area contributed by atoms with Crippen LogP contribution in [0.1, 0.15) is 12.2 Å². The Morgan fingerprint density at radius 2 is 2.41 bits per heavy atom. The number of ether oxygens (including phenoxy) is 2. The maximum absolute atomic E-state index is 5.75. The van der Waals surface area contributed by atoms with Gasteiger partial charge < -0.3 is 13.9 Å². The van der Waals surface area contributed by atoms with Crippen LogP contribution in [-0.4, -0.2) is 44.4 Å². The molecular weight excluding hydrogens is 242 g/mol. The van der Waals surface area contributed by atoms with Gasteiger partial charge in [0.05, 0.1) is 19.3 Å². The molecule has 0 aromatic carbocycles. The zero-order valence-corrected chi connectivity index (χ0v) is 10.8. The molecule has 5 heteroatoms. The van der Waals surface area contributed by atoms with E-state index in [4.69, 9.17) is 25.5 Å². The van der Waals surface area contributed by atoms with Crippen molar-refractivity contribution in [3.05, 3.63) is 23.1 Å². The molecule has 1 aromatic heterocycles. The van der Waals surface area contributed by atoms with Gasteiger partial charge in [0.15, 0.2) is 5.22 Å². The number of nitrogens with zero attached hydrogens (tertiary/aromatic N) is 1. The Labute approximate surface area is 106 Å². The molecule has 0 saturated carbocycles. The van der Waals surface area contributed by atoms with Crippen molar-refractivity contribution in [2.75, 3.05) is 33.4 Å². The van der Waals surface area contributed by atoms with Gasteiger partial charge in [-0.25, -0.2) is 0 Å². The van der Waals surface area contributed by atoms with Crippen LogP contribution >= 0.6 is 11.6 Å². The lowest BCUT2D eigenvalue weighted by molar-refractivity contribution is -0.0447. The van der Waals surface area contributed by atoms with Gasteiger partial charge in [-0.1, -0.05) is 0 Å². The van der Waals surface area contributed by atoms with Gasteiger partial charge in [-0.2, -0.15) is 0 Å². The summed E-state index contributed by atoms with van der Waals surface area (Å²) in [6.45, 7) is 4.15. The van der Waals surface area contributed by atoms with Gasteiger partial charge in [0.2, 0.25) is 0 Å². The maximum atomic E-state index is 5.75. The van der Waals surface area contributed by atoms with Gasteiger partial charge in [-0.15, -0.1) is 0 Å². The zero-order chi connectivity index (χ0) is 12.1. The van der Waals surface area contributed by atoms with E-state index >= 15 is 0 Å². The van der Waals surface area contributed by atoms with Crippen molar-refractivity contribution in [1.29, 1.82) is 0 Å². The van der Waals surface area contributed by atoms with Crippen LogP contribution in [0.3, 0.4) is 0 Å². The number of morpholine rings is 1. The molecule has 2 rings (SSSR count). The lowest BCUT2D eigenvalue weighted by atomic mass is 10.2. The maximum Gasteiger partial charge on any atom is 0.193 e. The number of methoxy groups -OCH3 is 1. The fourth-order valence-corrected chi connectivity index (χ4v) is 2.17. The minimum Gasteiger partial charge on any atom is -0.448 e. The Kier molecular flexibility index (Phi) is 4.86. The first-order valence-electron chi connectivity index (χ1n) is 5.85. The summed E-state index contributed by atoms with van der Waals surface area (Å²) in [5.41, 5.74) is 0. The number of rotatable bonds is 5. The number of hydrogen-bond donors (Lipinski definition) is 0. The summed E-state index contributed by atoms with van der Waals surface area (Å²) in [5, 5.41) is 0.448. The molecule has 4 nitrogen and oxygen atoms in total. The van der Waals surface area contributed by atoms with E-state index in [2.05, 4.69) is 4.90 Å². The highest BCUT2D eigenvalue weighted by Crippen LogP contribution is 2.17. The largest absolute Gasteiger partial charge is 0.448 e. The standard InChI is InChI=1S/C12H18ClNO3/c1-15-6-4-10-8-14(5-7-16-10)9-11-2-3-12(13)17-11/h2-3,10H,4-9H2,1H3. The van der Waals surface area contributed by atoms with Crippen molar-refractivity contribution >= 4 is 11.6 Å². The van der Waals surface area contributed by atoms with Crippen molar-refractivity contribution in [2.45, 2.75) is 19.1 Å². The van der Waals surface area contributed by atoms with Crippen LogP contribution in [0.2, 0.25) is 5.22 Å². The normalized spacial score (nSPS) is 21.9. The van der Waals surface area contributed by atoms with Gasteiger partial charge in [0.25, 0.3) is 0 Å². The molecule has 96 valence electrons. The molecule has 0 N–H and O–H groups in total. The summed E-state index contributed by atoms with van der Waals surface area (Å²) in [6, 6.07) is 3.70. The van der Waals surface area contributed by atoms with E-state index < -0.39 is 0 Å². The number of hydrogen-bond acceptors (Lipinski definition) is 4. The summed E-state index contributed by atoms with van der Waals surface area (Å²) in [6.07, 6.45) is 1.19. The van der Waals surface area contributed by atoms with Crippen LogP contribution in [0.4, 0.5) is 0 Å². The van der Waals surface area contributed by atoms with Crippen LogP contribution in [-0.2, 0) is 16.0 Å². The van der Waals surface area contributed by atoms with Crippen LogP contribution in [0.15, 0.2) is 16.5 Å². The molecule has 1 aliphatic heterocycles. The molecule has 1 saturated heterocycles. The monoisotopic (exact) mass is 259 g/mol.